The molecule has 3 aliphatic rings. The minimum absolute atomic E-state index is 0.0751. The number of fused-ring (bicyclic) bond motifs is 1. The third-order valence-corrected chi connectivity index (χ3v) is 6.23. The molecule has 2 aliphatic heterocycles. The Hall–Kier alpha value is -1.85. The molecule has 0 radical (unpaired) electrons. The molecule has 1 aromatic carbocycles. The molecule has 5 heteroatoms. The first-order chi connectivity index (χ1) is 12.7. The highest BCUT2D eigenvalue weighted by Gasteiger charge is 2.54. The molecule has 26 heavy (non-hydrogen) atoms. The number of benzene rings is 1. The van der Waals surface area contributed by atoms with Crippen molar-refractivity contribution in [2.75, 3.05) is 32.9 Å². The normalized spacial score (nSPS) is 24.3. The third kappa shape index (κ3) is 2.93. The van der Waals surface area contributed by atoms with Gasteiger partial charge in [-0.15, -0.1) is 0 Å². The van der Waals surface area contributed by atoms with Gasteiger partial charge in [0.25, 0.3) is 5.91 Å². The molecule has 1 N–H and O–H groups in total. The fourth-order valence-corrected chi connectivity index (χ4v) is 4.40. The van der Waals surface area contributed by atoms with Crippen molar-refractivity contribution in [3.63, 3.8) is 0 Å². The van der Waals surface area contributed by atoms with E-state index >= 15 is 0 Å². The monoisotopic (exact) mass is 354 g/mol. The van der Waals surface area contributed by atoms with Crippen molar-refractivity contribution in [2.45, 2.75) is 31.3 Å². The van der Waals surface area contributed by atoms with E-state index in [4.69, 9.17) is 9.47 Å². The zero-order valence-electron chi connectivity index (χ0n) is 15.1. The highest BCUT2D eigenvalue weighted by atomic mass is 16.5. The number of carbonyl (C=O) groups is 1. The second-order valence-corrected chi connectivity index (χ2v) is 8.14. The Morgan fingerprint density at radius 3 is 2.92 bits per heavy atom. The number of para-hydroxylation sites is 1. The molecule has 2 saturated heterocycles. The highest BCUT2D eigenvalue weighted by molar-refractivity contribution is 5.98. The number of amides is 1. The largest absolute Gasteiger partial charge is 0.381 e. The summed E-state index contributed by atoms with van der Waals surface area (Å²) in [6, 6.07) is 9.94. The summed E-state index contributed by atoms with van der Waals surface area (Å²) in [7, 11) is 0. The van der Waals surface area contributed by atoms with Crippen LogP contribution in [0.5, 0.6) is 0 Å². The van der Waals surface area contributed by atoms with Crippen molar-refractivity contribution in [1.82, 2.24) is 9.88 Å². The Morgan fingerprint density at radius 2 is 2.12 bits per heavy atom. The first kappa shape index (κ1) is 16.3. The first-order valence-corrected chi connectivity index (χ1v) is 9.82. The van der Waals surface area contributed by atoms with Gasteiger partial charge in [-0.05, 0) is 49.7 Å². The number of rotatable bonds is 6. The fourth-order valence-electron chi connectivity index (χ4n) is 4.40. The van der Waals surface area contributed by atoms with E-state index in [-0.39, 0.29) is 11.5 Å². The van der Waals surface area contributed by atoms with E-state index in [0.29, 0.717) is 24.7 Å². The second kappa shape index (κ2) is 6.39. The second-order valence-electron chi connectivity index (χ2n) is 8.14. The van der Waals surface area contributed by atoms with Crippen molar-refractivity contribution >= 4 is 16.8 Å². The lowest BCUT2D eigenvalue weighted by Crippen LogP contribution is -2.66. The molecule has 1 spiro atoms. The van der Waals surface area contributed by atoms with Crippen LogP contribution in [0.25, 0.3) is 10.9 Å². The summed E-state index contributed by atoms with van der Waals surface area (Å²) in [6.45, 7) is 3.96. The van der Waals surface area contributed by atoms with Gasteiger partial charge in [0.1, 0.15) is 11.3 Å². The van der Waals surface area contributed by atoms with Crippen LogP contribution < -0.4 is 0 Å². The highest BCUT2D eigenvalue weighted by Crippen LogP contribution is 2.42. The molecule has 5 rings (SSSR count). The van der Waals surface area contributed by atoms with Crippen molar-refractivity contribution < 1.29 is 14.3 Å². The molecule has 3 fully saturated rings. The SMILES string of the molecule is O=C(c1cc2ccccc2[nH]1)N1CC2(C1)OCC[C@H]2CCOCC1CC1. The zero-order chi connectivity index (χ0) is 17.6. The maximum Gasteiger partial charge on any atom is 0.270 e. The molecule has 1 saturated carbocycles. The summed E-state index contributed by atoms with van der Waals surface area (Å²) in [6.07, 6.45) is 4.80. The fraction of sp³-hybridized carbons (Fsp3) is 0.571. The van der Waals surface area contributed by atoms with Gasteiger partial charge in [0.05, 0.1) is 13.1 Å². The molecule has 0 unspecified atom stereocenters. The molecule has 1 aromatic heterocycles. The van der Waals surface area contributed by atoms with Gasteiger partial charge in [-0.25, -0.2) is 0 Å². The van der Waals surface area contributed by atoms with E-state index < -0.39 is 0 Å². The summed E-state index contributed by atoms with van der Waals surface area (Å²) < 4.78 is 11.9. The van der Waals surface area contributed by atoms with Crippen LogP contribution in [0.1, 0.15) is 36.2 Å². The lowest BCUT2D eigenvalue weighted by molar-refractivity contribution is -0.120. The Bertz CT molecular complexity index is 771. The van der Waals surface area contributed by atoms with Gasteiger partial charge in [0, 0.05) is 30.7 Å². The average molecular weight is 354 g/mol. The average Bonchev–Trinajstić information content (AvgIpc) is 3.18. The molecular formula is C21H26N2O3. The summed E-state index contributed by atoms with van der Waals surface area (Å²) in [4.78, 5) is 18.0. The summed E-state index contributed by atoms with van der Waals surface area (Å²) in [5.74, 6) is 1.40. The summed E-state index contributed by atoms with van der Waals surface area (Å²) >= 11 is 0. The topological polar surface area (TPSA) is 54.6 Å². The molecular weight excluding hydrogens is 328 g/mol. The summed E-state index contributed by atoms with van der Waals surface area (Å²) in [5.41, 5.74) is 1.54. The summed E-state index contributed by atoms with van der Waals surface area (Å²) in [5, 5.41) is 1.08. The Labute approximate surface area is 153 Å². The Morgan fingerprint density at radius 1 is 1.27 bits per heavy atom. The number of hydrogen-bond donors (Lipinski definition) is 1. The Kier molecular flexibility index (Phi) is 4.02. The minimum atomic E-state index is -0.134. The van der Waals surface area contributed by atoms with Crippen LogP contribution in [0, 0.1) is 11.8 Å². The molecule has 1 atom stereocenters. The number of likely N-dealkylation sites (tertiary alicyclic amines) is 1. The van der Waals surface area contributed by atoms with Crippen LogP contribution in [-0.4, -0.2) is 54.3 Å². The number of aromatic amines is 1. The number of carbonyl (C=O) groups excluding carboxylic acids is 1. The molecule has 5 nitrogen and oxygen atoms in total. The predicted octanol–water partition coefficient (Wildman–Crippen LogP) is 3.22. The lowest BCUT2D eigenvalue weighted by Gasteiger charge is -2.50. The molecule has 0 bridgehead atoms. The molecule has 138 valence electrons. The molecule has 1 aliphatic carbocycles. The molecule has 3 heterocycles. The van der Waals surface area contributed by atoms with E-state index in [1.165, 1.54) is 12.8 Å². The van der Waals surface area contributed by atoms with Gasteiger partial charge >= 0.3 is 0 Å². The minimum Gasteiger partial charge on any atom is -0.381 e. The van der Waals surface area contributed by atoms with Crippen LogP contribution in [-0.2, 0) is 9.47 Å². The van der Waals surface area contributed by atoms with Crippen molar-refractivity contribution in [2.24, 2.45) is 11.8 Å². The van der Waals surface area contributed by atoms with Crippen molar-refractivity contribution in [1.29, 1.82) is 0 Å². The van der Waals surface area contributed by atoms with Gasteiger partial charge < -0.3 is 19.4 Å². The number of nitrogens with zero attached hydrogens (tertiary/aromatic N) is 1. The van der Waals surface area contributed by atoms with Gasteiger partial charge in [-0.3, -0.25) is 4.79 Å². The maximum atomic E-state index is 12.8. The standard InChI is InChI=1S/C21H26N2O3/c24-20(19-11-16-3-1-2-4-18(16)22-19)23-13-21(14-23)17(8-10-26-21)7-9-25-12-15-5-6-15/h1-4,11,15,17,22H,5-10,12-14H2/t17-/m1/s1. The zero-order valence-corrected chi connectivity index (χ0v) is 15.1. The van der Waals surface area contributed by atoms with Crippen LogP contribution in [0.4, 0.5) is 0 Å². The number of nitrogens with one attached hydrogen (secondary N) is 1. The number of H-pyrrole nitrogens is 1. The van der Waals surface area contributed by atoms with Gasteiger partial charge in [0.15, 0.2) is 0 Å². The van der Waals surface area contributed by atoms with E-state index in [1.54, 1.807) is 0 Å². The number of aromatic nitrogens is 1. The quantitative estimate of drug-likeness (QED) is 0.811. The molecule has 2 aromatic rings. The van der Waals surface area contributed by atoms with Crippen LogP contribution in [0.2, 0.25) is 0 Å². The van der Waals surface area contributed by atoms with E-state index in [1.807, 2.05) is 35.2 Å². The van der Waals surface area contributed by atoms with Crippen LogP contribution >= 0.6 is 0 Å². The van der Waals surface area contributed by atoms with E-state index in [0.717, 1.165) is 49.5 Å². The van der Waals surface area contributed by atoms with Gasteiger partial charge in [-0.1, -0.05) is 18.2 Å². The van der Waals surface area contributed by atoms with Gasteiger partial charge in [0.2, 0.25) is 0 Å². The van der Waals surface area contributed by atoms with E-state index in [9.17, 15) is 4.79 Å². The predicted molar refractivity (Wildman–Crippen MR) is 99.2 cm³/mol. The lowest BCUT2D eigenvalue weighted by atomic mass is 9.79. The maximum absolute atomic E-state index is 12.8. The molecule has 1 amide bonds. The van der Waals surface area contributed by atoms with Gasteiger partial charge in [-0.2, -0.15) is 0 Å². The number of ether oxygens (including phenoxy) is 2. The van der Waals surface area contributed by atoms with Crippen molar-refractivity contribution in [3.8, 4) is 0 Å². The smallest absolute Gasteiger partial charge is 0.270 e. The van der Waals surface area contributed by atoms with E-state index in [2.05, 4.69) is 4.98 Å². The number of hydrogen-bond acceptors (Lipinski definition) is 3. The Balaban J connectivity index is 1.18. The van der Waals surface area contributed by atoms with Crippen molar-refractivity contribution in [3.05, 3.63) is 36.0 Å². The third-order valence-electron chi connectivity index (χ3n) is 6.23. The van der Waals surface area contributed by atoms with Crippen LogP contribution in [0.15, 0.2) is 30.3 Å². The van der Waals surface area contributed by atoms with Crippen LogP contribution in [0.3, 0.4) is 0 Å². The first-order valence-electron chi connectivity index (χ1n) is 9.82.